The van der Waals surface area contributed by atoms with Crippen LogP contribution in [0.1, 0.15) is 28.2 Å². The maximum absolute atomic E-state index is 5.39. The van der Waals surface area contributed by atoms with Crippen LogP contribution in [0, 0.1) is 0 Å². The summed E-state index contributed by atoms with van der Waals surface area (Å²) in [4.78, 5) is 3.77. The van der Waals surface area contributed by atoms with Gasteiger partial charge in [0.05, 0.1) is 0 Å². The Morgan fingerprint density at radius 1 is 1.56 bits per heavy atom. The Labute approximate surface area is 59.2 Å². The molecule has 2 N–H and O–H groups in total. The minimum Gasteiger partial charge on any atom is -0.328 e. The second kappa shape index (κ2) is 10.6. The molecule has 0 aliphatic carbocycles. The second-order valence-electron chi connectivity index (χ2n) is 1.65. The molecule has 2 heteroatoms. The predicted octanol–water partition coefficient (Wildman–Crippen LogP) is 1.70. The zero-order valence-electron chi connectivity index (χ0n) is 4.89. The van der Waals surface area contributed by atoms with Gasteiger partial charge in [0.25, 0.3) is 0 Å². The number of nitrogens with zero attached hydrogens (tertiary/aromatic N) is 1. The lowest BCUT2D eigenvalue weighted by Gasteiger charge is -1.94. The van der Waals surface area contributed by atoms with E-state index in [-0.39, 0.29) is 20.9 Å². The number of rotatable bonds is 2. The zero-order chi connectivity index (χ0) is 5.70. The molecule has 0 aromatic heterocycles. The van der Waals surface area contributed by atoms with Gasteiger partial charge in [-0.2, -0.15) is 0 Å². The molecule has 0 bridgehead atoms. The van der Waals surface area contributed by atoms with Crippen molar-refractivity contribution >= 4 is 6.21 Å². The van der Waals surface area contributed by atoms with Crippen molar-refractivity contribution in [3.63, 3.8) is 0 Å². The maximum atomic E-state index is 5.39. The second-order valence-corrected chi connectivity index (χ2v) is 1.65. The summed E-state index contributed by atoms with van der Waals surface area (Å²) in [7, 11) is 1.75. The van der Waals surface area contributed by atoms with E-state index in [1.165, 1.54) is 0 Å². The molecule has 0 radical (unpaired) electrons. The van der Waals surface area contributed by atoms with Gasteiger partial charge in [-0.1, -0.05) is 14.9 Å². The topological polar surface area (TPSA) is 38.4 Å². The van der Waals surface area contributed by atoms with E-state index in [9.17, 15) is 0 Å². The van der Waals surface area contributed by atoms with E-state index in [4.69, 9.17) is 5.73 Å². The summed E-state index contributed by atoms with van der Waals surface area (Å²) in [5, 5.41) is 0. The van der Waals surface area contributed by atoms with Gasteiger partial charge in [-0.3, -0.25) is 0 Å². The van der Waals surface area contributed by atoms with Gasteiger partial charge in [0.15, 0.2) is 0 Å². The van der Waals surface area contributed by atoms with Gasteiger partial charge >= 0.3 is 0 Å². The molecule has 0 aromatic rings. The molecule has 0 heterocycles. The van der Waals surface area contributed by atoms with Crippen LogP contribution in [0.15, 0.2) is 4.99 Å². The summed E-state index contributed by atoms with van der Waals surface area (Å²) < 4.78 is 0. The van der Waals surface area contributed by atoms with E-state index in [2.05, 4.69) is 4.99 Å². The van der Waals surface area contributed by atoms with E-state index in [1.54, 1.807) is 7.05 Å². The summed E-state index contributed by atoms with van der Waals surface area (Å²) in [6, 6.07) is 0.253. The minimum atomic E-state index is 0. The van der Waals surface area contributed by atoms with Crippen molar-refractivity contribution in [2.24, 2.45) is 10.7 Å². The van der Waals surface area contributed by atoms with E-state index < -0.39 is 0 Å². The Morgan fingerprint density at radius 3 is 2.11 bits per heavy atom. The molecule has 0 rings (SSSR count). The van der Waals surface area contributed by atoms with Gasteiger partial charge in [-0.25, -0.2) is 0 Å². The molecule has 58 valence electrons. The first-order chi connectivity index (χ1) is 3.27. The van der Waals surface area contributed by atoms with Crippen LogP contribution < -0.4 is 5.73 Å². The molecular weight excluding hydrogens is 112 g/mol. The van der Waals surface area contributed by atoms with Crippen molar-refractivity contribution in [3.05, 3.63) is 0 Å². The Hall–Kier alpha value is -0.370. The molecule has 0 aliphatic rings. The summed E-state index contributed by atoms with van der Waals surface area (Å²) in [5.74, 6) is 0. The molecule has 1 atom stereocenters. The minimum absolute atomic E-state index is 0. The van der Waals surface area contributed by atoms with Crippen molar-refractivity contribution in [3.8, 4) is 0 Å². The molecule has 0 aromatic carbocycles. The average molecular weight is 132 g/mol. The molecule has 0 spiro atoms. The number of hydrogen-bond donors (Lipinski definition) is 1. The third kappa shape index (κ3) is 18.4. The molecule has 0 amide bonds. The third-order valence-electron chi connectivity index (χ3n) is 0.660. The molecule has 0 fully saturated rings. The molecule has 0 aliphatic heterocycles. The summed E-state index contributed by atoms with van der Waals surface area (Å²) >= 11 is 0. The van der Waals surface area contributed by atoms with Crippen LogP contribution in [-0.2, 0) is 0 Å². The Balaban J connectivity index is -0.000000180. The SMILES string of the molecule is C.C.CN=CCC(C)N. The van der Waals surface area contributed by atoms with Gasteiger partial charge in [-0.05, 0) is 19.6 Å². The zero-order valence-corrected chi connectivity index (χ0v) is 4.89. The van der Waals surface area contributed by atoms with Crippen molar-refractivity contribution in [1.29, 1.82) is 0 Å². The van der Waals surface area contributed by atoms with Gasteiger partial charge in [0.2, 0.25) is 0 Å². The highest BCUT2D eigenvalue weighted by molar-refractivity contribution is 5.57. The van der Waals surface area contributed by atoms with Crippen LogP contribution in [0.25, 0.3) is 0 Å². The van der Waals surface area contributed by atoms with Crippen LogP contribution in [0.5, 0.6) is 0 Å². The molecule has 0 saturated carbocycles. The van der Waals surface area contributed by atoms with Crippen LogP contribution >= 0.6 is 0 Å². The molecular formula is C7H20N2. The fourth-order valence-electron chi connectivity index (χ4n) is 0.272. The fraction of sp³-hybridized carbons (Fsp3) is 0.857. The number of aliphatic imine (C=N–C) groups is 1. The predicted molar refractivity (Wildman–Crippen MR) is 46.1 cm³/mol. The van der Waals surface area contributed by atoms with Crippen molar-refractivity contribution in [2.75, 3.05) is 7.05 Å². The van der Waals surface area contributed by atoms with Gasteiger partial charge in [0, 0.05) is 13.1 Å². The Bertz CT molecular complexity index is 57.9. The lowest BCUT2D eigenvalue weighted by atomic mass is 10.3. The molecule has 9 heavy (non-hydrogen) atoms. The van der Waals surface area contributed by atoms with Gasteiger partial charge < -0.3 is 10.7 Å². The smallest absolute Gasteiger partial charge is 0.0273 e. The first-order valence-electron chi connectivity index (χ1n) is 2.43. The maximum Gasteiger partial charge on any atom is 0.0273 e. The fourth-order valence-corrected chi connectivity index (χ4v) is 0.272. The standard InChI is InChI=1S/C5H12N2.2CH4/c1-5(6)3-4-7-2;;/h4-5H,3,6H2,1-2H3;2*1H4. The highest BCUT2D eigenvalue weighted by Gasteiger charge is 1.84. The average Bonchev–Trinajstić information content (AvgIpc) is 1.61. The third-order valence-corrected chi connectivity index (χ3v) is 0.660. The van der Waals surface area contributed by atoms with E-state index in [0.717, 1.165) is 6.42 Å². The molecule has 1 unspecified atom stereocenters. The van der Waals surface area contributed by atoms with Crippen molar-refractivity contribution < 1.29 is 0 Å². The lowest BCUT2D eigenvalue weighted by molar-refractivity contribution is 0.786. The van der Waals surface area contributed by atoms with E-state index in [0.29, 0.717) is 0 Å². The molecule has 2 nitrogen and oxygen atoms in total. The van der Waals surface area contributed by atoms with Gasteiger partial charge in [-0.15, -0.1) is 0 Å². The summed E-state index contributed by atoms with van der Waals surface area (Å²) in [5.41, 5.74) is 5.39. The highest BCUT2D eigenvalue weighted by atomic mass is 14.7. The summed E-state index contributed by atoms with van der Waals surface area (Å²) in [6.07, 6.45) is 2.71. The molecule has 0 saturated heterocycles. The van der Waals surface area contributed by atoms with Crippen LogP contribution in [0.2, 0.25) is 0 Å². The number of hydrogen-bond acceptors (Lipinski definition) is 2. The first kappa shape index (κ1) is 15.9. The quantitative estimate of drug-likeness (QED) is 0.570. The van der Waals surface area contributed by atoms with E-state index in [1.807, 2.05) is 13.1 Å². The summed E-state index contributed by atoms with van der Waals surface area (Å²) in [6.45, 7) is 1.96. The van der Waals surface area contributed by atoms with E-state index >= 15 is 0 Å². The Kier molecular flexibility index (Phi) is 18.6. The lowest BCUT2D eigenvalue weighted by Crippen LogP contribution is -2.14. The van der Waals surface area contributed by atoms with Gasteiger partial charge in [0.1, 0.15) is 0 Å². The normalized spacial score (nSPS) is 11.9. The largest absolute Gasteiger partial charge is 0.328 e. The Morgan fingerprint density at radius 2 is 2.00 bits per heavy atom. The van der Waals surface area contributed by atoms with Crippen LogP contribution in [-0.4, -0.2) is 19.3 Å². The van der Waals surface area contributed by atoms with Crippen molar-refractivity contribution in [1.82, 2.24) is 0 Å². The monoisotopic (exact) mass is 132 g/mol. The number of nitrogens with two attached hydrogens (primary N) is 1. The highest BCUT2D eigenvalue weighted by Crippen LogP contribution is 1.77. The van der Waals surface area contributed by atoms with Crippen molar-refractivity contribution in [2.45, 2.75) is 34.2 Å². The first-order valence-corrected chi connectivity index (χ1v) is 2.43. The van der Waals surface area contributed by atoms with Crippen LogP contribution in [0.4, 0.5) is 0 Å². The van der Waals surface area contributed by atoms with Crippen LogP contribution in [0.3, 0.4) is 0 Å².